The van der Waals surface area contributed by atoms with Crippen molar-refractivity contribution < 1.29 is 28.2 Å². The van der Waals surface area contributed by atoms with Gasteiger partial charge >= 0.3 is 12.2 Å². The first-order valence-electron chi connectivity index (χ1n) is 13.8. The predicted molar refractivity (Wildman–Crippen MR) is 155 cm³/mol. The van der Waals surface area contributed by atoms with E-state index in [-0.39, 0.29) is 28.4 Å². The van der Waals surface area contributed by atoms with Crippen LogP contribution >= 0.6 is 11.6 Å². The van der Waals surface area contributed by atoms with E-state index in [2.05, 4.69) is 22.2 Å². The molecule has 2 aliphatic heterocycles. The van der Waals surface area contributed by atoms with E-state index in [0.717, 1.165) is 12.1 Å². The molecule has 2 aromatic heterocycles. The van der Waals surface area contributed by atoms with Crippen molar-refractivity contribution in [2.24, 2.45) is 0 Å². The molecular weight excluding hydrogens is 551 g/mol. The van der Waals surface area contributed by atoms with Crippen LogP contribution < -0.4 is 10.2 Å². The highest BCUT2D eigenvalue weighted by Crippen LogP contribution is 2.43. The van der Waals surface area contributed by atoms with Gasteiger partial charge in [-0.2, -0.15) is 0 Å². The standard InChI is InChI=1S/C30H34ClFN4O5/c1-16-6-9-36(29(38)41-30(3,4)5)27-17(2)21(14-34-26(16)27)20-12-18-13-23(33-15-22(18)24(31)25(20)32)35-28(37)40-19-7-10-39-11-8-19/h12-16,19H,6-11H2,1-5H3,(H,33,35,37). The lowest BCUT2D eigenvalue weighted by molar-refractivity contribution is 0.00589. The number of halogens is 2. The van der Waals surface area contributed by atoms with Gasteiger partial charge in [0.05, 0.1) is 29.6 Å². The van der Waals surface area contributed by atoms with Gasteiger partial charge in [-0.05, 0) is 57.2 Å². The number of hydrogen-bond acceptors (Lipinski definition) is 7. The van der Waals surface area contributed by atoms with Gasteiger partial charge in [0, 0.05) is 54.2 Å². The summed E-state index contributed by atoms with van der Waals surface area (Å²) in [6, 6.07) is 3.26. The molecule has 0 aliphatic carbocycles. The van der Waals surface area contributed by atoms with Crippen LogP contribution in [0.25, 0.3) is 21.9 Å². The van der Waals surface area contributed by atoms with Crippen molar-refractivity contribution in [3.8, 4) is 11.1 Å². The van der Waals surface area contributed by atoms with Gasteiger partial charge in [0.25, 0.3) is 0 Å². The Bertz CT molecular complexity index is 1500. The van der Waals surface area contributed by atoms with Crippen LogP contribution in [0.1, 0.15) is 64.1 Å². The molecular formula is C30H34ClFN4O5. The predicted octanol–water partition coefficient (Wildman–Crippen LogP) is 7.37. The van der Waals surface area contributed by atoms with Gasteiger partial charge in [-0.3, -0.25) is 15.2 Å². The van der Waals surface area contributed by atoms with Gasteiger partial charge in [-0.25, -0.2) is 19.0 Å². The summed E-state index contributed by atoms with van der Waals surface area (Å²) in [5.41, 5.74) is 2.12. The molecule has 1 aromatic carbocycles. The van der Waals surface area contributed by atoms with Crippen LogP contribution in [-0.4, -0.2) is 53.6 Å². The molecule has 5 rings (SSSR count). The van der Waals surface area contributed by atoms with E-state index < -0.39 is 23.6 Å². The summed E-state index contributed by atoms with van der Waals surface area (Å²) < 4.78 is 32.2. The molecule has 11 heteroatoms. The van der Waals surface area contributed by atoms with Gasteiger partial charge in [0.1, 0.15) is 23.3 Å². The number of aromatic nitrogens is 2. The van der Waals surface area contributed by atoms with Crippen molar-refractivity contribution in [3.05, 3.63) is 46.6 Å². The molecule has 0 bridgehead atoms. The van der Waals surface area contributed by atoms with Crippen LogP contribution in [0.3, 0.4) is 0 Å². The van der Waals surface area contributed by atoms with Crippen LogP contribution in [0.4, 0.5) is 25.5 Å². The summed E-state index contributed by atoms with van der Waals surface area (Å²) in [5, 5.41) is 3.51. The second-order valence-electron chi connectivity index (χ2n) is 11.5. The van der Waals surface area contributed by atoms with Crippen LogP contribution in [0.2, 0.25) is 5.02 Å². The molecule has 1 saturated heterocycles. The number of nitrogens with one attached hydrogen (secondary N) is 1. The minimum absolute atomic E-state index is 0.101. The van der Waals surface area contributed by atoms with Crippen LogP contribution in [0, 0.1) is 12.7 Å². The fourth-order valence-corrected chi connectivity index (χ4v) is 5.49. The number of carbonyl (C=O) groups excluding carboxylic acids is 2. The van der Waals surface area contributed by atoms with Crippen molar-refractivity contribution in [2.45, 2.75) is 71.5 Å². The number of carbonyl (C=O) groups is 2. The van der Waals surface area contributed by atoms with Crippen molar-refractivity contribution in [2.75, 3.05) is 30.0 Å². The Labute approximate surface area is 243 Å². The normalized spacial score (nSPS) is 17.7. The molecule has 0 spiro atoms. The van der Waals surface area contributed by atoms with Crippen LogP contribution in [0.15, 0.2) is 24.5 Å². The van der Waals surface area contributed by atoms with Gasteiger partial charge in [-0.1, -0.05) is 18.5 Å². The Balaban J connectivity index is 1.51. The third kappa shape index (κ3) is 6.08. The molecule has 3 aromatic rings. The van der Waals surface area contributed by atoms with Gasteiger partial charge in [0.2, 0.25) is 0 Å². The maximum absolute atomic E-state index is 15.8. The van der Waals surface area contributed by atoms with Crippen LogP contribution in [0.5, 0.6) is 0 Å². The molecule has 0 radical (unpaired) electrons. The molecule has 1 N–H and O–H groups in total. The zero-order valence-corrected chi connectivity index (χ0v) is 24.6. The maximum atomic E-state index is 15.8. The number of fused-ring (bicyclic) bond motifs is 2. The Morgan fingerprint density at radius 1 is 1.12 bits per heavy atom. The number of amides is 2. The van der Waals surface area contributed by atoms with E-state index in [1.165, 1.54) is 6.20 Å². The fraction of sp³-hybridized carbons (Fsp3) is 0.467. The number of hydrogen-bond donors (Lipinski definition) is 1. The highest BCUT2D eigenvalue weighted by Gasteiger charge is 2.33. The summed E-state index contributed by atoms with van der Waals surface area (Å²) in [4.78, 5) is 36.1. The topological polar surface area (TPSA) is 103 Å². The first-order chi connectivity index (χ1) is 19.4. The smallest absolute Gasteiger partial charge is 0.414 e. The van der Waals surface area contributed by atoms with Gasteiger partial charge in [0.15, 0.2) is 0 Å². The van der Waals surface area contributed by atoms with E-state index in [1.54, 1.807) is 23.2 Å². The highest BCUT2D eigenvalue weighted by atomic mass is 35.5. The molecule has 9 nitrogen and oxygen atoms in total. The lowest BCUT2D eigenvalue weighted by Gasteiger charge is -2.35. The molecule has 4 heterocycles. The average molecular weight is 585 g/mol. The molecule has 2 amide bonds. The van der Waals surface area contributed by atoms with Crippen LogP contribution in [-0.2, 0) is 14.2 Å². The number of rotatable bonds is 3. The molecule has 41 heavy (non-hydrogen) atoms. The second kappa shape index (κ2) is 11.4. The Hall–Kier alpha value is -3.50. The Morgan fingerprint density at radius 3 is 2.56 bits per heavy atom. The molecule has 1 fully saturated rings. The summed E-state index contributed by atoms with van der Waals surface area (Å²) in [7, 11) is 0. The Morgan fingerprint density at radius 2 is 1.85 bits per heavy atom. The van der Waals surface area contributed by atoms with Crippen molar-refractivity contribution >= 4 is 46.1 Å². The van der Waals surface area contributed by atoms with Gasteiger partial charge < -0.3 is 14.2 Å². The largest absolute Gasteiger partial charge is 0.446 e. The fourth-order valence-electron chi connectivity index (χ4n) is 5.23. The number of pyridine rings is 2. The highest BCUT2D eigenvalue weighted by molar-refractivity contribution is 6.36. The first kappa shape index (κ1) is 29.0. The number of benzene rings is 1. The third-order valence-corrected chi connectivity index (χ3v) is 7.70. The van der Waals surface area contributed by atoms with E-state index in [9.17, 15) is 9.59 Å². The lowest BCUT2D eigenvalue weighted by atomic mass is 9.90. The monoisotopic (exact) mass is 584 g/mol. The summed E-state index contributed by atoms with van der Waals surface area (Å²) in [6.45, 7) is 10.9. The zero-order chi connectivity index (χ0) is 29.5. The van der Waals surface area contributed by atoms with E-state index in [1.807, 2.05) is 27.7 Å². The summed E-state index contributed by atoms with van der Waals surface area (Å²) in [6.07, 6.45) is 3.72. The molecule has 1 unspecified atom stereocenters. The number of nitrogens with zero attached hydrogens (tertiary/aromatic N) is 3. The molecule has 1 atom stereocenters. The third-order valence-electron chi connectivity index (χ3n) is 7.33. The van der Waals surface area contributed by atoms with E-state index >= 15 is 4.39 Å². The molecule has 218 valence electrons. The quantitative estimate of drug-likeness (QED) is 0.343. The van der Waals surface area contributed by atoms with E-state index in [4.69, 9.17) is 25.8 Å². The second-order valence-corrected chi connectivity index (χ2v) is 11.9. The van der Waals surface area contributed by atoms with Crippen molar-refractivity contribution in [1.82, 2.24) is 9.97 Å². The number of anilines is 2. The zero-order valence-electron chi connectivity index (χ0n) is 23.8. The lowest BCUT2D eigenvalue weighted by Crippen LogP contribution is -2.41. The van der Waals surface area contributed by atoms with E-state index in [0.29, 0.717) is 60.2 Å². The van der Waals surface area contributed by atoms with Crippen molar-refractivity contribution in [1.29, 1.82) is 0 Å². The van der Waals surface area contributed by atoms with Gasteiger partial charge in [-0.15, -0.1) is 0 Å². The molecule has 0 saturated carbocycles. The summed E-state index contributed by atoms with van der Waals surface area (Å²) >= 11 is 6.49. The summed E-state index contributed by atoms with van der Waals surface area (Å²) in [5.74, 6) is -0.270. The maximum Gasteiger partial charge on any atom is 0.414 e. The average Bonchev–Trinajstić information content (AvgIpc) is 2.91. The Kier molecular flexibility index (Phi) is 8.07. The minimum atomic E-state index is -0.672. The number of ether oxygens (including phenoxy) is 3. The minimum Gasteiger partial charge on any atom is -0.446 e. The molecule has 2 aliphatic rings. The van der Waals surface area contributed by atoms with Crippen molar-refractivity contribution in [3.63, 3.8) is 0 Å². The SMILES string of the molecule is Cc1c(-c2cc3cc(NC(=O)OC4CCOCC4)ncc3c(Cl)c2F)cnc2c1N(C(=O)OC(C)(C)C)CCC2C. The first-order valence-corrected chi connectivity index (χ1v) is 14.1.